The number of aliphatic hydroxyl groups excluding tert-OH is 1. The summed E-state index contributed by atoms with van der Waals surface area (Å²) in [6.07, 6.45) is 7.94. The lowest BCUT2D eigenvalue weighted by Gasteiger charge is -2.35. The van der Waals surface area contributed by atoms with Crippen molar-refractivity contribution < 1.29 is 29.0 Å². The van der Waals surface area contributed by atoms with E-state index in [1.54, 1.807) is 33.9 Å². The number of carbonyl (C=O) groups is 3. The maximum Gasteiger partial charge on any atom is 0.253 e. The van der Waals surface area contributed by atoms with Gasteiger partial charge in [0.1, 0.15) is 17.4 Å². The van der Waals surface area contributed by atoms with E-state index in [0.29, 0.717) is 43.9 Å². The molecule has 41 heavy (non-hydrogen) atoms. The Morgan fingerprint density at radius 2 is 1.73 bits per heavy atom. The van der Waals surface area contributed by atoms with Crippen LogP contribution in [0.3, 0.4) is 0 Å². The third-order valence-corrected chi connectivity index (χ3v) is 8.65. The Morgan fingerprint density at radius 3 is 2.46 bits per heavy atom. The molecule has 2 saturated heterocycles. The van der Waals surface area contributed by atoms with Crippen LogP contribution in [0.25, 0.3) is 0 Å². The van der Waals surface area contributed by atoms with Crippen molar-refractivity contribution in [2.24, 2.45) is 11.8 Å². The fourth-order valence-electron chi connectivity index (χ4n) is 6.76. The van der Waals surface area contributed by atoms with Gasteiger partial charge in [-0.1, -0.05) is 54.6 Å². The first-order valence-electron chi connectivity index (χ1n) is 14.2. The molecule has 2 aromatic rings. The summed E-state index contributed by atoms with van der Waals surface area (Å²) >= 11 is 0. The van der Waals surface area contributed by atoms with E-state index < -0.39 is 29.6 Å². The number of benzene rings is 2. The van der Waals surface area contributed by atoms with Crippen LogP contribution in [-0.4, -0.2) is 83.7 Å². The summed E-state index contributed by atoms with van der Waals surface area (Å²) in [5.74, 6) is -1.56. The topological polar surface area (TPSA) is 99.6 Å². The van der Waals surface area contributed by atoms with Gasteiger partial charge in [0, 0.05) is 38.5 Å². The first-order valence-corrected chi connectivity index (χ1v) is 14.2. The largest absolute Gasteiger partial charge is 0.497 e. The first kappa shape index (κ1) is 27.2. The van der Waals surface area contributed by atoms with Crippen LogP contribution in [-0.2, 0) is 25.7 Å². The number of fused-ring (bicyclic) bond motifs is 2. The fraction of sp³-hybridized carbons (Fsp3) is 0.406. The number of hydrogen-bond acceptors (Lipinski definition) is 6. The first-order chi connectivity index (χ1) is 20.0. The predicted molar refractivity (Wildman–Crippen MR) is 152 cm³/mol. The van der Waals surface area contributed by atoms with E-state index in [0.717, 1.165) is 5.56 Å². The average molecular weight is 558 g/mol. The van der Waals surface area contributed by atoms with Crippen LogP contribution < -0.4 is 9.64 Å². The zero-order valence-electron chi connectivity index (χ0n) is 23.1. The van der Waals surface area contributed by atoms with E-state index >= 15 is 0 Å². The number of hydrogen-bond donors (Lipinski definition) is 1. The van der Waals surface area contributed by atoms with E-state index in [2.05, 4.69) is 0 Å². The Hall–Kier alpha value is -3.95. The highest BCUT2D eigenvalue weighted by atomic mass is 16.5. The van der Waals surface area contributed by atoms with Crippen LogP contribution in [0.1, 0.15) is 18.4 Å². The molecule has 4 heterocycles. The van der Waals surface area contributed by atoms with Crippen molar-refractivity contribution in [3.63, 3.8) is 0 Å². The van der Waals surface area contributed by atoms with Gasteiger partial charge in [0.2, 0.25) is 11.8 Å². The molecule has 9 heteroatoms. The van der Waals surface area contributed by atoms with Gasteiger partial charge in [0.15, 0.2) is 0 Å². The van der Waals surface area contributed by atoms with Crippen molar-refractivity contribution in [3.8, 4) is 5.75 Å². The van der Waals surface area contributed by atoms with Gasteiger partial charge in [-0.15, -0.1) is 0 Å². The molecular formula is C32H35N3O6. The minimum absolute atomic E-state index is 0.00792. The fourth-order valence-corrected chi connectivity index (χ4v) is 6.76. The lowest BCUT2D eigenvalue weighted by molar-refractivity contribution is -0.144. The normalized spacial score (nSPS) is 28.8. The van der Waals surface area contributed by atoms with Gasteiger partial charge in [-0.25, -0.2) is 0 Å². The van der Waals surface area contributed by atoms with E-state index in [9.17, 15) is 19.5 Å². The van der Waals surface area contributed by atoms with Crippen molar-refractivity contribution in [3.05, 3.63) is 84.5 Å². The zero-order valence-corrected chi connectivity index (χ0v) is 23.1. The van der Waals surface area contributed by atoms with Crippen molar-refractivity contribution >= 4 is 23.4 Å². The van der Waals surface area contributed by atoms with Gasteiger partial charge in [-0.05, 0) is 42.7 Å². The van der Waals surface area contributed by atoms with E-state index in [4.69, 9.17) is 9.47 Å². The summed E-state index contributed by atoms with van der Waals surface area (Å²) in [6.45, 7) is 1.42. The molecule has 4 aliphatic heterocycles. The number of unbranched alkanes of at least 4 members (excludes halogenated alkanes) is 1. The van der Waals surface area contributed by atoms with Crippen LogP contribution in [0.4, 0.5) is 5.69 Å². The number of ether oxygens (including phenoxy) is 2. The number of amides is 3. The van der Waals surface area contributed by atoms with Crippen LogP contribution in [0, 0.1) is 11.8 Å². The summed E-state index contributed by atoms with van der Waals surface area (Å²) in [4.78, 5) is 47.8. The number of methoxy groups -OCH3 is 1. The number of aliphatic hydroxyl groups is 1. The molecule has 1 unspecified atom stereocenters. The van der Waals surface area contributed by atoms with Crippen LogP contribution in [0.5, 0.6) is 5.75 Å². The molecule has 0 aliphatic carbocycles. The number of rotatable bonds is 8. The summed E-state index contributed by atoms with van der Waals surface area (Å²) in [5, 5.41) is 9.42. The molecule has 0 saturated carbocycles. The highest BCUT2D eigenvalue weighted by Gasteiger charge is 2.71. The second-order valence-corrected chi connectivity index (χ2v) is 11.0. The molecule has 6 rings (SSSR count). The third-order valence-electron chi connectivity index (χ3n) is 8.65. The molecule has 214 valence electrons. The van der Waals surface area contributed by atoms with Crippen LogP contribution >= 0.6 is 0 Å². The molecule has 3 amide bonds. The van der Waals surface area contributed by atoms with Gasteiger partial charge in [-0.2, -0.15) is 0 Å². The van der Waals surface area contributed by atoms with Gasteiger partial charge in [0.25, 0.3) is 5.91 Å². The van der Waals surface area contributed by atoms with Crippen molar-refractivity contribution in [1.82, 2.24) is 9.80 Å². The van der Waals surface area contributed by atoms with E-state index in [1.807, 2.05) is 66.8 Å². The summed E-state index contributed by atoms with van der Waals surface area (Å²) in [6, 6.07) is 16.1. The third kappa shape index (κ3) is 4.63. The molecular weight excluding hydrogens is 522 g/mol. The Kier molecular flexibility index (Phi) is 7.40. The van der Waals surface area contributed by atoms with Crippen LogP contribution in [0.15, 0.2) is 78.9 Å². The van der Waals surface area contributed by atoms with E-state index in [1.165, 1.54) is 0 Å². The Balaban J connectivity index is 1.37. The van der Waals surface area contributed by atoms with Crippen molar-refractivity contribution in [2.75, 3.05) is 38.3 Å². The lowest BCUT2D eigenvalue weighted by Crippen LogP contribution is -2.55. The minimum atomic E-state index is -1.28. The minimum Gasteiger partial charge on any atom is -0.497 e. The molecule has 1 N–H and O–H groups in total. The molecule has 0 radical (unpaired) electrons. The SMILES string of the molecule is COc1ccc(N2CC=C[C@]34O[C@H]5C=CCN(Cc6ccccc6)C(=O)[C@H]5[C@H]3C(=O)N(CCCCO)C4C2=O)cc1. The van der Waals surface area contributed by atoms with Gasteiger partial charge in [0.05, 0.1) is 25.0 Å². The summed E-state index contributed by atoms with van der Waals surface area (Å²) in [5.41, 5.74) is 0.405. The second kappa shape index (κ2) is 11.1. The molecule has 2 fully saturated rings. The lowest BCUT2D eigenvalue weighted by atomic mass is 9.77. The Morgan fingerprint density at radius 1 is 0.951 bits per heavy atom. The van der Waals surface area contributed by atoms with Gasteiger partial charge in [-0.3, -0.25) is 14.4 Å². The smallest absolute Gasteiger partial charge is 0.253 e. The Bertz CT molecular complexity index is 1360. The standard InChI is InChI=1S/C32H35N3O6/c1-40-24-14-12-23(13-15-24)34-19-8-16-32-27(30(38)35(18-5-6-20-36)28(32)31(34)39)26-25(41-32)11-7-17-33(29(26)37)21-22-9-3-2-4-10-22/h2-4,7-16,25-28,36H,5-6,17-21H2,1H3/t25-,26+,27-,28?,32-/m0/s1. The van der Waals surface area contributed by atoms with Crippen LogP contribution in [0.2, 0.25) is 0 Å². The van der Waals surface area contributed by atoms with Gasteiger partial charge >= 0.3 is 0 Å². The highest BCUT2D eigenvalue weighted by molar-refractivity contribution is 6.05. The average Bonchev–Trinajstić information content (AvgIpc) is 3.30. The molecule has 4 aliphatic rings. The number of anilines is 1. The van der Waals surface area contributed by atoms with Gasteiger partial charge < -0.3 is 29.3 Å². The quantitative estimate of drug-likeness (QED) is 0.396. The van der Waals surface area contributed by atoms with Crippen molar-refractivity contribution in [1.29, 1.82) is 0 Å². The molecule has 0 aromatic heterocycles. The summed E-state index contributed by atoms with van der Waals surface area (Å²) in [7, 11) is 1.59. The number of carbonyl (C=O) groups excluding carboxylic acids is 3. The molecule has 9 nitrogen and oxygen atoms in total. The zero-order chi connectivity index (χ0) is 28.6. The van der Waals surface area contributed by atoms with Crippen molar-refractivity contribution in [2.45, 2.75) is 37.1 Å². The maximum absolute atomic E-state index is 14.4. The molecule has 2 aromatic carbocycles. The molecule has 0 bridgehead atoms. The number of nitrogens with zero attached hydrogens (tertiary/aromatic N) is 3. The Labute approximate surface area is 239 Å². The molecule has 5 atom stereocenters. The predicted octanol–water partition coefficient (Wildman–Crippen LogP) is 2.55. The second-order valence-electron chi connectivity index (χ2n) is 11.0. The monoisotopic (exact) mass is 557 g/mol. The van der Waals surface area contributed by atoms with E-state index in [-0.39, 0.29) is 30.9 Å². The summed E-state index contributed by atoms with van der Waals surface area (Å²) < 4.78 is 12.0. The highest BCUT2D eigenvalue weighted by Crippen LogP contribution is 2.53. The molecule has 1 spiro atoms. The maximum atomic E-state index is 14.4. The number of likely N-dealkylation sites (tertiary alicyclic amines) is 1.